The standard InChI is InChI=1S/C27H27FO4S/c1-5-31-25(30)27(14-15-27)20-12-10-18(11-13-20)17-6-8-19(9-7-17)23-21(16-22(28)33-23)24(29)32-26(2,3)4/h6-13,16H,5,14-15H2,1-4H3. The molecule has 1 aliphatic carbocycles. The number of hydrogen-bond acceptors (Lipinski definition) is 5. The highest BCUT2D eigenvalue weighted by molar-refractivity contribution is 7.14. The maximum absolute atomic E-state index is 14.0. The molecule has 2 aromatic carbocycles. The lowest BCUT2D eigenvalue weighted by atomic mass is 9.93. The van der Waals surface area contributed by atoms with E-state index in [1.807, 2.05) is 55.5 Å². The maximum Gasteiger partial charge on any atom is 0.340 e. The Morgan fingerprint density at radius 2 is 1.52 bits per heavy atom. The number of benzene rings is 2. The number of thiophene rings is 1. The number of halogens is 1. The van der Waals surface area contributed by atoms with Crippen LogP contribution in [0.2, 0.25) is 0 Å². The molecule has 0 amide bonds. The van der Waals surface area contributed by atoms with Crippen molar-refractivity contribution < 1.29 is 23.5 Å². The molecule has 1 heterocycles. The summed E-state index contributed by atoms with van der Waals surface area (Å²) in [6.45, 7) is 7.55. The van der Waals surface area contributed by atoms with Crippen molar-refractivity contribution in [2.45, 2.75) is 51.6 Å². The summed E-state index contributed by atoms with van der Waals surface area (Å²) in [7, 11) is 0. The Labute approximate surface area is 197 Å². The number of carbonyl (C=O) groups is 2. The van der Waals surface area contributed by atoms with E-state index in [4.69, 9.17) is 9.47 Å². The quantitative estimate of drug-likeness (QED) is 0.376. The zero-order chi connectivity index (χ0) is 23.8. The van der Waals surface area contributed by atoms with Gasteiger partial charge in [-0.3, -0.25) is 4.79 Å². The molecule has 0 saturated heterocycles. The fraction of sp³-hybridized carbons (Fsp3) is 0.333. The van der Waals surface area contributed by atoms with Gasteiger partial charge in [0, 0.05) is 6.07 Å². The third-order valence-corrected chi connectivity index (χ3v) is 6.63. The number of esters is 2. The van der Waals surface area contributed by atoms with Gasteiger partial charge in [0.2, 0.25) is 0 Å². The van der Waals surface area contributed by atoms with E-state index in [1.54, 1.807) is 20.8 Å². The van der Waals surface area contributed by atoms with Crippen molar-refractivity contribution in [3.63, 3.8) is 0 Å². The number of hydrogen-bond donors (Lipinski definition) is 0. The molecule has 172 valence electrons. The smallest absolute Gasteiger partial charge is 0.340 e. The molecule has 0 atom stereocenters. The molecular weight excluding hydrogens is 439 g/mol. The summed E-state index contributed by atoms with van der Waals surface area (Å²) < 4.78 is 24.7. The first kappa shape index (κ1) is 23.2. The first-order valence-electron chi connectivity index (χ1n) is 11.0. The molecule has 4 nitrogen and oxygen atoms in total. The van der Waals surface area contributed by atoms with Gasteiger partial charge in [-0.1, -0.05) is 48.5 Å². The lowest BCUT2D eigenvalue weighted by Gasteiger charge is -2.19. The van der Waals surface area contributed by atoms with Crippen molar-refractivity contribution in [3.8, 4) is 21.6 Å². The van der Waals surface area contributed by atoms with Gasteiger partial charge >= 0.3 is 11.9 Å². The van der Waals surface area contributed by atoms with E-state index in [1.165, 1.54) is 6.07 Å². The van der Waals surface area contributed by atoms with Crippen molar-refractivity contribution >= 4 is 23.3 Å². The summed E-state index contributed by atoms with van der Waals surface area (Å²) in [5, 5.41) is -0.430. The first-order valence-corrected chi connectivity index (χ1v) is 11.9. The van der Waals surface area contributed by atoms with Crippen LogP contribution >= 0.6 is 11.3 Å². The molecule has 3 aromatic rings. The fourth-order valence-corrected chi connectivity index (χ4v) is 4.74. The van der Waals surface area contributed by atoms with Crippen LogP contribution in [0.5, 0.6) is 0 Å². The van der Waals surface area contributed by atoms with Gasteiger partial charge in [0.1, 0.15) is 5.60 Å². The van der Waals surface area contributed by atoms with Gasteiger partial charge in [0.15, 0.2) is 5.13 Å². The van der Waals surface area contributed by atoms with Crippen molar-refractivity contribution in [2.24, 2.45) is 0 Å². The van der Waals surface area contributed by atoms with Gasteiger partial charge in [0.05, 0.1) is 22.5 Å². The molecule has 1 fully saturated rings. The minimum atomic E-state index is -0.658. The van der Waals surface area contributed by atoms with E-state index in [0.717, 1.165) is 46.4 Å². The Morgan fingerprint density at radius 1 is 0.970 bits per heavy atom. The summed E-state index contributed by atoms with van der Waals surface area (Å²) in [5.41, 5.74) is 2.83. The largest absolute Gasteiger partial charge is 0.465 e. The van der Waals surface area contributed by atoms with E-state index in [0.29, 0.717) is 11.5 Å². The summed E-state index contributed by atoms with van der Waals surface area (Å²) in [6.07, 6.45) is 1.63. The first-order chi connectivity index (χ1) is 15.6. The molecule has 0 bridgehead atoms. The Bertz CT molecular complexity index is 1170. The molecule has 0 N–H and O–H groups in total. The summed E-state index contributed by atoms with van der Waals surface area (Å²) >= 11 is 0.930. The van der Waals surface area contributed by atoms with Gasteiger partial charge in [0.25, 0.3) is 0 Å². The molecule has 33 heavy (non-hydrogen) atoms. The van der Waals surface area contributed by atoms with Crippen LogP contribution in [0.1, 0.15) is 56.5 Å². The van der Waals surface area contributed by atoms with E-state index < -0.39 is 22.1 Å². The van der Waals surface area contributed by atoms with Crippen LogP contribution < -0.4 is 0 Å². The average molecular weight is 467 g/mol. The maximum atomic E-state index is 14.0. The van der Waals surface area contributed by atoms with Gasteiger partial charge in [-0.05, 0) is 62.8 Å². The second-order valence-electron chi connectivity index (χ2n) is 9.25. The Kier molecular flexibility index (Phi) is 6.14. The second-order valence-corrected chi connectivity index (χ2v) is 10.3. The molecule has 6 heteroatoms. The number of ether oxygens (including phenoxy) is 2. The van der Waals surface area contributed by atoms with Gasteiger partial charge in [-0.25, -0.2) is 4.79 Å². The highest BCUT2D eigenvalue weighted by atomic mass is 32.1. The van der Waals surface area contributed by atoms with Crippen LogP contribution in [0.15, 0.2) is 54.6 Å². The predicted octanol–water partition coefficient (Wildman–Crippen LogP) is 6.77. The van der Waals surface area contributed by atoms with Crippen LogP contribution in [0.25, 0.3) is 21.6 Å². The minimum Gasteiger partial charge on any atom is -0.465 e. The van der Waals surface area contributed by atoms with E-state index in [9.17, 15) is 14.0 Å². The summed E-state index contributed by atoms with van der Waals surface area (Å²) in [4.78, 5) is 25.4. The SMILES string of the molecule is CCOC(=O)C1(c2ccc(-c3ccc(-c4sc(F)cc4C(=O)OC(C)(C)C)cc3)cc2)CC1. The highest BCUT2D eigenvalue weighted by Crippen LogP contribution is 2.49. The number of rotatable bonds is 6. The van der Waals surface area contributed by atoms with Crippen LogP contribution in [0.4, 0.5) is 4.39 Å². The predicted molar refractivity (Wildman–Crippen MR) is 128 cm³/mol. The summed E-state index contributed by atoms with van der Waals surface area (Å²) in [6, 6.07) is 16.9. The molecule has 0 aliphatic heterocycles. The zero-order valence-electron chi connectivity index (χ0n) is 19.2. The normalized spacial score (nSPS) is 14.6. The Balaban J connectivity index is 1.55. The molecule has 1 aliphatic rings. The van der Waals surface area contributed by atoms with E-state index in [2.05, 4.69) is 0 Å². The lowest BCUT2D eigenvalue weighted by Crippen LogP contribution is -2.23. The topological polar surface area (TPSA) is 52.6 Å². The lowest BCUT2D eigenvalue weighted by molar-refractivity contribution is -0.146. The van der Waals surface area contributed by atoms with Crippen molar-refractivity contribution in [1.82, 2.24) is 0 Å². The van der Waals surface area contributed by atoms with Crippen molar-refractivity contribution in [3.05, 3.63) is 70.9 Å². The molecule has 0 radical (unpaired) electrons. The van der Waals surface area contributed by atoms with Gasteiger partial charge in [-0.15, -0.1) is 11.3 Å². The van der Waals surface area contributed by atoms with E-state index >= 15 is 0 Å². The zero-order valence-corrected chi connectivity index (χ0v) is 20.1. The van der Waals surface area contributed by atoms with Crippen LogP contribution in [-0.2, 0) is 19.7 Å². The average Bonchev–Trinajstić information content (AvgIpc) is 3.49. The van der Waals surface area contributed by atoms with Crippen LogP contribution in [0.3, 0.4) is 0 Å². The third kappa shape index (κ3) is 4.86. The fourth-order valence-electron chi connectivity index (χ4n) is 3.86. The summed E-state index contributed by atoms with van der Waals surface area (Å²) in [5.74, 6) is -0.681. The van der Waals surface area contributed by atoms with Crippen LogP contribution in [0, 0.1) is 5.13 Å². The van der Waals surface area contributed by atoms with Crippen LogP contribution in [-0.4, -0.2) is 24.1 Å². The number of carbonyl (C=O) groups excluding carboxylic acids is 2. The molecule has 1 aromatic heterocycles. The van der Waals surface area contributed by atoms with Gasteiger partial charge < -0.3 is 9.47 Å². The van der Waals surface area contributed by atoms with Gasteiger partial charge in [-0.2, -0.15) is 4.39 Å². The minimum absolute atomic E-state index is 0.147. The second kappa shape index (κ2) is 8.75. The highest BCUT2D eigenvalue weighted by Gasteiger charge is 2.52. The van der Waals surface area contributed by atoms with E-state index in [-0.39, 0.29) is 11.5 Å². The monoisotopic (exact) mass is 466 g/mol. The molecular formula is C27H27FO4S. The molecule has 0 spiro atoms. The molecule has 1 saturated carbocycles. The Hall–Kier alpha value is -2.99. The molecule has 4 rings (SSSR count). The Morgan fingerprint density at radius 3 is 2.03 bits per heavy atom. The third-order valence-electron chi connectivity index (χ3n) is 5.65. The molecule has 0 unspecified atom stereocenters. The van der Waals surface area contributed by atoms with Crippen molar-refractivity contribution in [1.29, 1.82) is 0 Å². The van der Waals surface area contributed by atoms with Crippen molar-refractivity contribution in [2.75, 3.05) is 6.61 Å².